The van der Waals surface area contributed by atoms with E-state index in [9.17, 15) is 9.90 Å². The highest BCUT2D eigenvalue weighted by atomic mass is 16.5. The van der Waals surface area contributed by atoms with Gasteiger partial charge < -0.3 is 9.84 Å². The van der Waals surface area contributed by atoms with E-state index in [0.29, 0.717) is 24.2 Å². The minimum Gasteiger partial charge on any atom is -0.504 e. The van der Waals surface area contributed by atoms with Crippen molar-refractivity contribution in [1.82, 2.24) is 0 Å². The fraction of sp³-hybridized carbons (Fsp3) is 0.450. The zero-order valence-corrected chi connectivity index (χ0v) is 14.5. The zero-order valence-electron chi connectivity index (χ0n) is 14.5. The van der Waals surface area contributed by atoms with E-state index in [1.807, 2.05) is 52.8 Å². The largest absolute Gasteiger partial charge is 0.504 e. The first-order valence-electron chi connectivity index (χ1n) is 8.22. The fourth-order valence-corrected chi connectivity index (χ4v) is 3.34. The molecule has 0 aliphatic carbocycles. The second-order valence-electron chi connectivity index (χ2n) is 7.44. The molecule has 1 heterocycles. The van der Waals surface area contributed by atoms with E-state index in [0.717, 1.165) is 21.9 Å². The molecule has 2 aromatic carbocycles. The Bertz CT molecular complexity index is 800. The van der Waals surface area contributed by atoms with E-state index >= 15 is 0 Å². The first kappa shape index (κ1) is 15.9. The van der Waals surface area contributed by atoms with E-state index in [-0.39, 0.29) is 17.5 Å². The molecule has 0 unspecified atom stereocenters. The molecule has 122 valence electrons. The van der Waals surface area contributed by atoms with Crippen molar-refractivity contribution in [2.45, 2.75) is 59.0 Å². The van der Waals surface area contributed by atoms with Crippen LogP contribution in [0.5, 0.6) is 11.5 Å². The van der Waals surface area contributed by atoms with Crippen LogP contribution in [0.1, 0.15) is 67.9 Å². The number of rotatable bonds is 1. The maximum atomic E-state index is 12.7. The molecule has 0 atom stereocenters. The van der Waals surface area contributed by atoms with Crippen LogP contribution < -0.4 is 4.74 Å². The number of hydrogen-bond acceptors (Lipinski definition) is 3. The van der Waals surface area contributed by atoms with Crippen LogP contribution in [0.3, 0.4) is 0 Å². The lowest BCUT2D eigenvalue weighted by Gasteiger charge is -2.31. The Morgan fingerprint density at radius 1 is 1.26 bits per heavy atom. The van der Waals surface area contributed by atoms with Gasteiger partial charge in [0.25, 0.3) is 0 Å². The van der Waals surface area contributed by atoms with Crippen molar-refractivity contribution in [3.8, 4) is 11.5 Å². The van der Waals surface area contributed by atoms with Crippen molar-refractivity contribution < 1.29 is 14.6 Å². The number of ketones is 1. The number of benzene rings is 2. The maximum Gasteiger partial charge on any atom is 0.170 e. The highest BCUT2D eigenvalue weighted by Gasteiger charge is 2.31. The molecule has 2 aromatic rings. The summed E-state index contributed by atoms with van der Waals surface area (Å²) in [4.78, 5) is 12.7. The van der Waals surface area contributed by atoms with Crippen LogP contribution in [0.25, 0.3) is 10.8 Å². The Balaban J connectivity index is 2.47. The summed E-state index contributed by atoms with van der Waals surface area (Å²) in [7, 11) is 0. The first-order chi connectivity index (χ1) is 10.7. The summed E-state index contributed by atoms with van der Waals surface area (Å²) in [6.07, 6.45) is 1.09. The average Bonchev–Trinajstić information content (AvgIpc) is 2.46. The molecule has 1 aliphatic heterocycles. The van der Waals surface area contributed by atoms with Crippen molar-refractivity contribution in [2.75, 3.05) is 0 Å². The summed E-state index contributed by atoms with van der Waals surface area (Å²) < 4.78 is 6.22. The number of ether oxygens (including phenoxy) is 1. The Morgan fingerprint density at radius 3 is 2.61 bits per heavy atom. The van der Waals surface area contributed by atoms with E-state index in [1.54, 1.807) is 0 Å². The summed E-state index contributed by atoms with van der Waals surface area (Å²) in [5.41, 5.74) is 1.99. The molecule has 3 rings (SSSR count). The quantitative estimate of drug-likeness (QED) is 0.795. The zero-order chi connectivity index (χ0) is 16.9. The number of Topliss-reactive ketones (excluding diaryl/α,β-unsaturated/α-hetero) is 1. The summed E-state index contributed by atoms with van der Waals surface area (Å²) in [5.74, 6) is 0.931. The van der Waals surface area contributed by atoms with Crippen LogP contribution in [0.15, 0.2) is 18.2 Å². The molecule has 0 spiro atoms. The molecule has 0 saturated heterocycles. The lowest BCUT2D eigenvalue weighted by atomic mass is 9.87. The van der Waals surface area contributed by atoms with Gasteiger partial charge >= 0.3 is 0 Å². The molecule has 0 aromatic heterocycles. The van der Waals surface area contributed by atoms with Gasteiger partial charge in [0.05, 0.1) is 0 Å². The van der Waals surface area contributed by atoms with Gasteiger partial charge in [0.15, 0.2) is 17.3 Å². The molecule has 1 N–H and O–H groups in total. The monoisotopic (exact) mass is 312 g/mol. The minimum absolute atomic E-state index is 0.127. The molecular weight excluding hydrogens is 288 g/mol. The molecule has 0 saturated carbocycles. The van der Waals surface area contributed by atoms with Gasteiger partial charge in [-0.05, 0) is 50.1 Å². The first-order valence-corrected chi connectivity index (χ1v) is 8.22. The number of phenolic OH excluding ortho intramolecular Hbond substituents is 1. The Hall–Kier alpha value is -2.03. The van der Waals surface area contributed by atoms with Crippen LogP contribution in [0.2, 0.25) is 0 Å². The van der Waals surface area contributed by atoms with Gasteiger partial charge in [0, 0.05) is 22.9 Å². The van der Waals surface area contributed by atoms with Crippen molar-refractivity contribution in [1.29, 1.82) is 0 Å². The van der Waals surface area contributed by atoms with Crippen LogP contribution in [-0.2, 0) is 0 Å². The van der Waals surface area contributed by atoms with E-state index in [2.05, 4.69) is 0 Å². The second kappa shape index (κ2) is 5.26. The lowest BCUT2D eigenvalue weighted by Crippen LogP contribution is -2.31. The number of hydrogen-bond donors (Lipinski definition) is 1. The minimum atomic E-state index is -0.489. The fourth-order valence-electron chi connectivity index (χ4n) is 3.34. The van der Waals surface area contributed by atoms with Gasteiger partial charge in [-0.25, -0.2) is 0 Å². The van der Waals surface area contributed by atoms with E-state index < -0.39 is 5.60 Å². The third-order valence-corrected chi connectivity index (χ3v) is 4.71. The highest BCUT2D eigenvalue weighted by Crippen LogP contribution is 2.46. The van der Waals surface area contributed by atoms with Gasteiger partial charge in [-0.1, -0.05) is 26.0 Å². The molecule has 23 heavy (non-hydrogen) atoms. The van der Waals surface area contributed by atoms with Crippen molar-refractivity contribution in [3.63, 3.8) is 0 Å². The maximum absolute atomic E-state index is 12.7. The SMILES string of the molecule is Cc1ccc2cc(C(C)C)c(O)c3c2c1C(=O)CCC(C)(C)O3. The molecule has 0 radical (unpaired) electrons. The smallest absolute Gasteiger partial charge is 0.170 e. The molecule has 0 amide bonds. The van der Waals surface area contributed by atoms with E-state index in [4.69, 9.17) is 4.74 Å². The normalized spacial score (nSPS) is 17.0. The molecule has 0 fully saturated rings. The Morgan fingerprint density at radius 2 is 1.96 bits per heavy atom. The third-order valence-electron chi connectivity index (χ3n) is 4.71. The molecule has 3 heteroatoms. The number of carbonyl (C=O) groups is 1. The predicted molar refractivity (Wildman–Crippen MR) is 92.7 cm³/mol. The molecule has 0 bridgehead atoms. The van der Waals surface area contributed by atoms with Gasteiger partial charge in [0.2, 0.25) is 0 Å². The van der Waals surface area contributed by atoms with Crippen LogP contribution in [0.4, 0.5) is 0 Å². The number of aryl methyl sites for hydroxylation is 1. The van der Waals surface area contributed by atoms with Crippen molar-refractivity contribution in [3.05, 3.63) is 34.9 Å². The van der Waals surface area contributed by atoms with Gasteiger partial charge in [-0.3, -0.25) is 4.79 Å². The summed E-state index contributed by atoms with van der Waals surface area (Å²) in [6, 6.07) is 5.97. The second-order valence-corrected chi connectivity index (χ2v) is 7.44. The Kier molecular flexibility index (Phi) is 3.62. The number of aromatic hydroxyl groups is 1. The summed E-state index contributed by atoms with van der Waals surface area (Å²) in [5, 5.41) is 12.5. The van der Waals surface area contributed by atoms with Crippen LogP contribution >= 0.6 is 0 Å². The summed E-state index contributed by atoms with van der Waals surface area (Å²) >= 11 is 0. The standard InChI is InChI=1S/C20H24O3/c1-11(2)14-10-13-7-6-12(3)16-15(21)8-9-20(4,5)23-19(17(13)16)18(14)22/h6-7,10-11,22H,8-9H2,1-5H3. The molecule has 3 nitrogen and oxygen atoms in total. The Labute approximate surface area is 137 Å². The number of phenols is 1. The van der Waals surface area contributed by atoms with Gasteiger partial charge in [-0.2, -0.15) is 0 Å². The van der Waals surface area contributed by atoms with Crippen molar-refractivity contribution in [2.24, 2.45) is 0 Å². The van der Waals surface area contributed by atoms with Crippen molar-refractivity contribution >= 4 is 16.6 Å². The van der Waals surface area contributed by atoms with Crippen LogP contribution in [-0.4, -0.2) is 16.5 Å². The molecule has 1 aliphatic rings. The summed E-state index contributed by atoms with van der Waals surface area (Å²) in [6.45, 7) is 9.96. The highest BCUT2D eigenvalue weighted by molar-refractivity contribution is 6.12. The topological polar surface area (TPSA) is 46.5 Å². The van der Waals surface area contributed by atoms with Crippen LogP contribution in [0, 0.1) is 6.92 Å². The van der Waals surface area contributed by atoms with E-state index in [1.165, 1.54) is 0 Å². The van der Waals surface area contributed by atoms with Gasteiger partial charge in [0.1, 0.15) is 5.60 Å². The third kappa shape index (κ3) is 2.58. The number of carbonyl (C=O) groups excluding carboxylic acids is 1. The predicted octanol–water partition coefficient (Wildman–Crippen LogP) is 5.11. The average molecular weight is 312 g/mol. The molecular formula is C20H24O3. The van der Waals surface area contributed by atoms with Gasteiger partial charge in [-0.15, -0.1) is 0 Å². The lowest BCUT2D eigenvalue weighted by molar-refractivity contribution is 0.0783.